The van der Waals surface area contributed by atoms with E-state index < -0.39 is 6.04 Å². The molecule has 1 aromatic heterocycles. The Labute approximate surface area is 92.7 Å². The van der Waals surface area contributed by atoms with Crippen molar-refractivity contribution in [3.05, 3.63) is 18.0 Å². The molecule has 7 heteroatoms. The first-order valence-electron chi connectivity index (χ1n) is 4.83. The average molecular weight is 225 g/mol. The zero-order chi connectivity index (χ0) is 12.1. The molecule has 0 saturated heterocycles. The molecule has 0 radical (unpaired) electrons. The minimum absolute atomic E-state index is 0.0201. The molecule has 0 aliphatic rings. The van der Waals surface area contributed by atoms with E-state index in [4.69, 9.17) is 10.9 Å². The fourth-order valence-corrected chi connectivity index (χ4v) is 1.24. The van der Waals surface area contributed by atoms with Crippen LogP contribution in [0.2, 0.25) is 0 Å². The molecular formula is C9H15N5O2. The predicted octanol–water partition coefficient (Wildman–Crippen LogP) is -0.0895. The van der Waals surface area contributed by atoms with Crippen molar-refractivity contribution in [1.82, 2.24) is 15.5 Å². The lowest BCUT2D eigenvalue weighted by Crippen LogP contribution is -2.47. The van der Waals surface area contributed by atoms with Crippen LogP contribution in [0.1, 0.15) is 24.2 Å². The van der Waals surface area contributed by atoms with E-state index in [0.717, 1.165) is 0 Å². The molecule has 1 amide bonds. The third kappa shape index (κ3) is 2.72. The van der Waals surface area contributed by atoms with Gasteiger partial charge in [-0.2, -0.15) is 5.10 Å². The number of nitrogens with one attached hydrogen (secondary N) is 2. The van der Waals surface area contributed by atoms with E-state index >= 15 is 0 Å². The Kier molecular flexibility index (Phi) is 3.87. The summed E-state index contributed by atoms with van der Waals surface area (Å²) in [6.07, 6.45) is 2.87. The summed E-state index contributed by atoms with van der Waals surface area (Å²) in [5.74, 6) is -0.322. The number of aromatic amines is 1. The number of hydrogen-bond donors (Lipinski definition) is 4. The van der Waals surface area contributed by atoms with Gasteiger partial charge in [-0.15, -0.1) is 0 Å². The maximum Gasteiger partial charge on any atom is 0.255 e. The summed E-state index contributed by atoms with van der Waals surface area (Å²) >= 11 is 0. The molecule has 88 valence electrons. The summed E-state index contributed by atoms with van der Waals surface area (Å²) < 4.78 is 0. The molecule has 1 atom stereocenters. The zero-order valence-electron chi connectivity index (χ0n) is 9.14. The van der Waals surface area contributed by atoms with Crippen LogP contribution >= 0.6 is 0 Å². The van der Waals surface area contributed by atoms with Gasteiger partial charge in [0.25, 0.3) is 5.91 Å². The van der Waals surface area contributed by atoms with Crippen LogP contribution in [-0.4, -0.2) is 33.2 Å². The lowest BCUT2D eigenvalue weighted by molar-refractivity contribution is 0.0939. The van der Waals surface area contributed by atoms with Crippen LogP contribution in [-0.2, 0) is 0 Å². The zero-order valence-corrected chi connectivity index (χ0v) is 9.14. The van der Waals surface area contributed by atoms with Crippen LogP contribution in [0.5, 0.6) is 0 Å². The Balaban J connectivity index is 2.73. The number of oxime groups is 1. The number of nitrogens with zero attached hydrogens (tertiary/aromatic N) is 2. The fraction of sp³-hybridized carbons (Fsp3) is 0.444. The number of nitrogens with two attached hydrogens (primary N) is 1. The molecule has 7 nitrogen and oxygen atoms in total. The molecule has 1 heterocycles. The maximum absolute atomic E-state index is 11.7. The van der Waals surface area contributed by atoms with Gasteiger partial charge in [0.2, 0.25) is 0 Å². The molecule has 0 spiro atoms. The Hall–Kier alpha value is -2.05. The number of amides is 1. The summed E-state index contributed by atoms with van der Waals surface area (Å²) in [5.41, 5.74) is 5.88. The number of H-pyrrole nitrogens is 1. The minimum atomic E-state index is -0.507. The first kappa shape index (κ1) is 12.0. The van der Waals surface area contributed by atoms with Crippen LogP contribution in [0, 0.1) is 5.92 Å². The van der Waals surface area contributed by atoms with Crippen molar-refractivity contribution < 1.29 is 10.0 Å². The first-order chi connectivity index (χ1) is 7.56. The van der Waals surface area contributed by atoms with E-state index in [1.165, 1.54) is 12.4 Å². The molecule has 0 saturated carbocycles. The second-order valence-corrected chi connectivity index (χ2v) is 3.71. The monoisotopic (exact) mass is 225 g/mol. The molecule has 0 aromatic carbocycles. The van der Waals surface area contributed by atoms with Crippen molar-refractivity contribution in [3.63, 3.8) is 0 Å². The highest BCUT2D eigenvalue weighted by Crippen LogP contribution is 2.03. The molecule has 1 aromatic rings. The highest BCUT2D eigenvalue weighted by atomic mass is 16.4. The summed E-state index contributed by atoms with van der Waals surface area (Å²) in [5, 5.41) is 20.3. The molecule has 1 rings (SSSR count). The van der Waals surface area contributed by atoms with Crippen molar-refractivity contribution in [3.8, 4) is 0 Å². The molecule has 1 unspecified atom stereocenters. The number of carbonyl (C=O) groups excluding carboxylic acids is 1. The molecule has 0 aliphatic carbocycles. The predicted molar refractivity (Wildman–Crippen MR) is 58.1 cm³/mol. The second kappa shape index (κ2) is 5.15. The highest BCUT2D eigenvalue weighted by molar-refractivity contribution is 5.97. The molecule has 5 N–H and O–H groups in total. The lowest BCUT2D eigenvalue weighted by atomic mass is 10.0. The van der Waals surface area contributed by atoms with Gasteiger partial charge in [0, 0.05) is 6.20 Å². The smallest absolute Gasteiger partial charge is 0.255 e. The molecular weight excluding hydrogens is 210 g/mol. The third-order valence-electron chi connectivity index (χ3n) is 2.15. The summed E-state index contributed by atoms with van der Waals surface area (Å²) in [7, 11) is 0. The van der Waals surface area contributed by atoms with Crippen LogP contribution in [0.25, 0.3) is 0 Å². The number of amidine groups is 1. The Bertz CT molecular complexity index is 371. The van der Waals surface area contributed by atoms with E-state index in [9.17, 15) is 4.79 Å². The second-order valence-electron chi connectivity index (χ2n) is 3.71. The van der Waals surface area contributed by atoms with Crippen LogP contribution in [0.3, 0.4) is 0 Å². The third-order valence-corrected chi connectivity index (χ3v) is 2.15. The van der Waals surface area contributed by atoms with Crippen molar-refractivity contribution in [1.29, 1.82) is 0 Å². The van der Waals surface area contributed by atoms with E-state index in [1.807, 2.05) is 13.8 Å². The van der Waals surface area contributed by atoms with Gasteiger partial charge >= 0.3 is 0 Å². The first-order valence-corrected chi connectivity index (χ1v) is 4.83. The van der Waals surface area contributed by atoms with Gasteiger partial charge in [-0.25, -0.2) is 0 Å². The number of hydrogen-bond acceptors (Lipinski definition) is 4. The van der Waals surface area contributed by atoms with Gasteiger partial charge < -0.3 is 16.3 Å². The quantitative estimate of drug-likeness (QED) is 0.248. The maximum atomic E-state index is 11.7. The number of rotatable bonds is 4. The average Bonchev–Trinajstić information content (AvgIpc) is 2.77. The van der Waals surface area contributed by atoms with Gasteiger partial charge in [0.05, 0.1) is 17.8 Å². The lowest BCUT2D eigenvalue weighted by Gasteiger charge is -2.20. The van der Waals surface area contributed by atoms with E-state index in [1.54, 1.807) is 0 Å². The highest BCUT2D eigenvalue weighted by Gasteiger charge is 2.21. The van der Waals surface area contributed by atoms with Gasteiger partial charge in [0.15, 0.2) is 5.84 Å². The van der Waals surface area contributed by atoms with E-state index in [-0.39, 0.29) is 17.7 Å². The summed E-state index contributed by atoms with van der Waals surface area (Å²) in [4.78, 5) is 11.7. The van der Waals surface area contributed by atoms with Crippen molar-refractivity contribution in [2.24, 2.45) is 16.8 Å². The fourth-order valence-electron chi connectivity index (χ4n) is 1.24. The molecule has 0 fully saturated rings. The van der Waals surface area contributed by atoms with Crippen molar-refractivity contribution in [2.75, 3.05) is 0 Å². The van der Waals surface area contributed by atoms with Gasteiger partial charge in [-0.1, -0.05) is 19.0 Å². The molecule has 0 aliphatic heterocycles. The van der Waals surface area contributed by atoms with Gasteiger partial charge in [-0.05, 0) is 5.92 Å². The Morgan fingerprint density at radius 1 is 1.69 bits per heavy atom. The topological polar surface area (TPSA) is 116 Å². The van der Waals surface area contributed by atoms with Crippen LogP contribution in [0.4, 0.5) is 0 Å². The standard InChI is InChI=1S/C9H15N5O2/c1-5(2)7(8(10)14-16)13-9(15)6-3-11-12-4-6/h3-5,7,16H,1-2H3,(H2,10,14)(H,11,12)(H,13,15). The Morgan fingerprint density at radius 3 is 2.81 bits per heavy atom. The SMILES string of the molecule is CC(C)C(NC(=O)c1cn[nH]c1)C(N)=NO. The van der Waals surface area contributed by atoms with Crippen LogP contribution < -0.4 is 11.1 Å². The van der Waals surface area contributed by atoms with E-state index in [2.05, 4.69) is 20.7 Å². The summed E-state index contributed by atoms with van der Waals surface area (Å²) in [6, 6.07) is -0.507. The van der Waals surface area contributed by atoms with Crippen LogP contribution in [0.15, 0.2) is 17.5 Å². The largest absolute Gasteiger partial charge is 0.409 e. The van der Waals surface area contributed by atoms with Crippen molar-refractivity contribution >= 4 is 11.7 Å². The molecule has 16 heavy (non-hydrogen) atoms. The van der Waals surface area contributed by atoms with Gasteiger partial charge in [0.1, 0.15) is 0 Å². The normalized spacial score (nSPS) is 13.8. The number of carbonyl (C=O) groups is 1. The van der Waals surface area contributed by atoms with Gasteiger partial charge in [-0.3, -0.25) is 9.89 Å². The molecule has 0 bridgehead atoms. The number of aromatic nitrogens is 2. The van der Waals surface area contributed by atoms with E-state index in [0.29, 0.717) is 5.56 Å². The Morgan fingerprint density at radius 2 is 2.38 bits per heavy atom. The summed E-state index contributed by atoms with van der Waals surface area (Å²) in [6.45, 7) is 3.72. The minimum Gasteiger partial charge on any atom is -0.409 e. The van der Waals surface area contributed by atoms with Crippen molar-refractivity contribution in [2.45, 2.75) is 19.9 Å².